The molecule has 0 saturated heterocycles. The number of nitrogens with zero attached hydrogens (tertiary/aromatic N) is 1. The van der Waals surface area contributed by atoms with Crippen LogP contribution in [0.3, 0.4) is 0 Å². The summed E-state index contributed by atoms with van der Waals surface area (Å²) in [5, 5.41) is 0.214. The summed E-state index contributed by atoms with van der Waals surface area (Å²) in [6.07, 6.45) is -6.03. The van der Waals surface area contributed by atoms with E-state index in [-0.39, 0.29) is 22.6 Å². The second-order valence-electron chi connectivity index (χ2n) is 4.79. The molecule has 0 aliphatic carbocycles. The maximum atomic E-state index is 12.4. The summed E-state index contributed by atoms with van der Waals surface area (Å²) in [7, 11) is 0. The zero-order chi connectivity index (χ0) is 16.5. The largest absolute Gasteiger partial charge is 0.389 e. The molecule has 1 unspecified atom stereocenters. The normalized spacial score (nSPS) is 15.7. The molecule has 0 spiro atoms. The molecule has 2 amide bonds. The monoisotopic (exact) mass is 315 g/mol. The Bertz CT molecular complexity index is 592. The molecule has 0 aromatic heterocycles. The number of imide groups is 1. The zero-order valence-corrected chi connectivity index (χ0v) is 11.5. The lowest BCUT2D eigenvalue weighted by molar-refractivity contribution is -0.186. The number of hydrogen-bond acceptors (Lipinski definition) is 4. The zero-order valence-electron chi connectivity index (χ0n) is 11.5. The highest BCUT2D eigenvalue weighted by Crippen LogP contribution is 2.29. The van der Waals surface area contributed by atoms with Crippen molar-refractivity contribution in [2.45, 2.75) is 25.9 Å². The summed E-state index contributed by atoms with van der Waals surface area (Å²) >= 11 is 0. The molecule has 22 heavy (non-hydrogen) atoms. The van der Waals surface area contributed by atoms with Crippen LogP contribution in [-0.2, 0) is 9.63 Å². The van der Waals surface area contributed by atoms with Crippen molar-refractivity contribution in [2.24, 2.45) is 5.92 Å². The predicted octanol–water partition coefficient (Wildman–Crippen LogP) is 2.72. The van der Waals surface area contributed by atoms with E-state index in [1.54, 1.807) is 0 Å². The molecule has 8 heteroatoms. The standard InChI is InChI=1S/C14H12F3NO4/c1-2-8(7-14(15,16)17)13(21)22-18-11(19)9-5-3-4-6-10(9)12(18)20/h3-6,8H,2,7H2,1H3. The Morgan fingerprint density at radius 3 is 2.09 bits per heavy atom. The number of benzene rings is 1. The molecule has 0 radical (unpaired) electrons. The molecule has 5 nitrogen and oxygen atoms in total. The van der Waals surface area contributed by atoms with Crippen molar-refractivity contribution in [3.05, 3.63) is 35.4 Å². The molecule has 0 saturated carbocycles. The number of fused-ring (bicyclic) bond motifs is 1. The molecule has 0 N–H and O–H groups in total. The topological polar surface area (TPSA) is 63.7 Å². The molecule has 0 bridgehead atoms. The van der Waals surface area contributed by atoms with Crippen LogP contribution in [0.1, 0.15) is 40.5 Å². The van der Waals surface area contributed by atoms with Crippen LogP contribution in [0.25, 0.3) is 0 Å². The Kier molecular flexibility index (Phi) is 4.20. The van der Waals surface area contributed by atoms with Crippen LogP contribution in [0.15, 0.2) is 24.3 Å². The van der Waals surface area contributed by atoms with Gasteiger partial charge in [0.1, 0.15) is 0 Å². The molecular weight excluding hydrogens is 303 g/mol. The van der Waals surface area contributed by atoms with Crippen molar-refractivity contribution < 1.29 is 32.4 Å². The van der Waals surface area contributed by atoms with Crippen molar-refractivity contribution in [1.82, 2.24) is 5.06 Å². The van der Waals surface area contributed by atoms with Gasteiger partial charge in [0.05, 0.1) is 23.5 Å². The molecular formula is C14H12F3NO4. The third-order valence-electron chi connectivity index (χ3n) is 3.24. The van der Waals surface area contributed by atoms with Crippen LogP contribution in [0.2, 0.25) is 0 Å². The summed E-state index contributed by atoms with van der Waals surface area (Å²) in [4.78, 5) is 40.3. The van der Waals surface area contributed by atoms with Gasteiger partial charge in [0, 0.05) is 0 Å². The molecule has 1 aliphatic heterocycles. The van der Waals surface area contributed by atoms with Crippen molar-refractivity contribution >= 4 is 17.8 Å². The van der Waals surface area contributed by atoms with E-state index in [4.69, 9.17) is 0 Å². The number of alkyl halides is 3. The molecule has 0 fully saturated rings. The molecule has 1 atom stereocenters. The summed E-state index contributed by atoms with van der Waals surface area (Å²) in [5.41, 5.74) is 0.0911. The molecule has 118 valence electrons. The first-order chi connectivity index (χ1) is 10.2. The molecule has 2 rings (SSSR count). The van der Waals surface area contributed by atoms with Crippen molar-refractivity contribution in [3.63, 3.8) is 0 Å². The number of carbonyl (C=O) groups excluding carboxylic acids is 3. The van der Waals surface area contributed by atoms with E-state index in [0.29, 0.717) is 0 Å². The van der Waals surface area contributed by atoms with Gasteiger partial charge in [-0.25, -0.2) is 4.79 Å². The minimum absolute atomic E-state index is 0.0455. The van der Waals surface area contributed by atoms with Gasteiger partial charge in [-0.2, -0.15) is 13.2 Å². The van der Waals surface area contributed by atoms with Gasteiger partial charge in [-0.15, -0.1) is 0 Å². The molecule has 1 aromatic carbocycles. The average molecular weight is 315 g/mol. The highest BCUT2D eigenvalue weighted by atomic mass is 19.4. The number of hydroxylamine groups is 2. The molecule has 1 aliphatic rings. The number of amides is 2. The number of hydrogen-bond donors (Lipinski definition) is 0. The summed E-state index contributed by atoms with van der Waals surface area (Å²) in [6, 6.07) is 5.79. The average Bonchev–Trinajstić information content (AvgIpc) is 2.69. The fourth-order valence-corrected chi connectivity index (χ4v) is 2.09. The third-order valence-corrected chi connectivity index (χ3v) is 3.24. The first-order valence-corrected chi connectivity index (χ1v) is 6.51. The quantitative estimate of drug-likeness (QED) is 0.801. The van der Waals surface area contributed by atoms with E-state index >= 15 is 0 Å². The Balaban J connectivity index is 2.13. The van der Waals surface area contributed by atoms with E-state index in [9.17, 15) is 27.6 Å². The molecule has 1 heterocycles. The summed E-state index contributed by atoms with van der Waals surface area (Å²) in [5.74, 6) is -4.45. The Hall–Kier alpha value is -2.38. The van der Waals surface area contributed by atoms with E-state index in [1.807, 2.05) is 0 Å². The Labute approximate surface area is 123 Å². The summed E-state index contributed by atoms with van der Waals surface area (Å²) in [6.45, 7) is 1.39. The van der Waals surface area contributed by atoms with Crippen LogP contribution in [0.5, 0.6) is 0 Å². The van der Waals surface area contributed by atoms with Gasteiger partial charge >= 0.3 is 12.1 Å². The van der Waals surface area contributed by atoms with E-state index in [1.165, 1.54) is 31.2 Å². The van der Waals surface area contributed by atoms with Crippen molar-refractivity contribution in [3.8, 4) is 0 Å². The van der Waals surface area contributed by atoms with Crippen LogP contribution < -0.4 is 0 Å². The van der Waals surface area contributed by atoms with Gasteiger partial charge in [-0.3, -0.25) is 9.59 Å². The van der Waals surface area contributed by atoms with Gasteiger partial charge in [-0.05, 0) is 18.6 Å². The van der Waals surface area contributed by atoms with E-state index < -0.39 is 36.3 Å². The number of halogens is 3. The molecule has 1 aromatic rings. The third kappa shape index (κ3) is 3.10. The van der Waals surface area contributed by atoms with Crippen LogP contribution in [-0.4, -0.2) is 29.0 Å². The van der Waals surface area contributed by atoms with Gasteiger partial charge in [0.2, 0.25) is 0 Å². The van der Waals surface area contributed by atoms with E-state index in [0.717, 1.165) is 0 Å². The predicted molar refractivity (Wildman–Crippen MR) is 67.5 cm³/mol. The van der Waals surface area contributed by atoms with Crippen LogP contribution >= 0.6 is 0 Å². The highest BCUT2D eigenvalue weighted by Gasteiger charge is 2.41. The SMILES string of the molecule is CCC(CC(F)(F)F)C(=O)ON1C(=O)c2ccccc2C1=O. The smallest absolute Gasteiger partial charge is 0.329 e. The lowest BCUT2D eigenvalue weighted by atomic mass is 10.0. The second-order valence-corrected chi connectivity index (χ2v) is 4.79. The number of carbonyl (C=O) groups is 3. The van der Waals surface area contributed by atoms with Gasteiger partial charge in [0.15, 0.2) is 0 Å². The van der Waals surface area contributed by atoms with Crippen LogP contribution in [0, 0.1) is 5.92 Å². The first kappa shape index (κ1) is 16.0. The van der Waals surface area contributed by atoms with Crippen LogP contribution in [0.4, 0.5) is 13.2 Å². The van der Waals surface area contributed by atoms with Gasteiger partial charge in [0.25, 0.3) is 11.8 Å². The fourth-order valence-electron chi connectivity index (χ4n) is 2.09. The Morgan fingerprint density at radius 1 is 1.18 bits per heavy atom. The summed E-state index contributed by atoms with van der Waals surface area (Å²) < 4.78 is 37.1. The lowest BCUT2D eigenvalue weighted by Gasteiger charge is -2.18. The van der Waals surface area contributed by atoms with Gasteiger partial charge < -0.3 is 4.84 Å². The number of rotatable bonds is 4. The van der Waals surface area contributed by atoms with Crippen molar-refractivity contribution in [2.75, 3.05) is 0 Å². The first-order valence-electron chi connectivity index (χ1n) is 6.51. The minimum atomic E-state index is -4.54. The Morgan fingerprint density at radius 2 is 1.68 bits per heavy atom. The highest BCUT2D eigenvalue weighted by molar-refractivity contribution is 6.20. The van der Waals surface area contributed by atoms with Crippen molar-refractivity contribution in [1.29, 1.82) is 0 Å². The maximum Gasteiger partial charge on any atom is 0.389 e. The lowest BCUT2D eigenvalue weighted by Crippen LogP contribution is -2.36. The van der Waals surface area contributed by atoms with E-state index in [2.05, 4.69) is 4.84 Å². The second kappa shape index (κ2) is 5.78. The fraction of sp³-hybridized carbons (Fsp3) is 0.357. The minimum Gasteiger partial charge on any atom is -0.329 e. The maximum absolute atomic E-state index is 12.4. The van der Waals surface area contributed by atoms with Gasteiger partial charge in [-0.1, -0.05) is 24.1 Å².